The van der Waals surface area contributed by atoms with Gasteiger partial charge in [0.15, 0.2) is 0 Å². The van der Waals surface area contributed by atoms with Crippen LogP contribution in [0.3, 0.4) is 0 Å². The standard InChI is InChI=1S/C40H25N3O/c1-40-15-7-6-12-37(40)44-36-14-13-27(18-31(36)40)28-17-30-29-16-23-8-2-4-10-25(23)20-33(29)43-38(30)35(22-28)42-34-21-26-11-5-3-9-24(26)19-32(34)41-39(42)43/h2-22,37H,1H3. The highest BCUT2D eigenvalue weighted by Gasteiger charge is 2.43. The molecule has 4 heteroatoms. The zero-order valence-electron chi connectivity index (χ0n) is 24.0. The lowest BCUT2D eigenvalue weighted by Crippen LogP contribution is -2.32. The molecule has 2 atom stereocenters. The van der Waals surface area contributed by atoms with E-state index in [4.69, 9.17) is 9.72 Å². The summed E-state index contributed by atoms with van der Waals surface area (Å²) in [5.74, 6) is 1.93. The van der Waals surface area contributed by atoms with E-state index in [9.17, 15) is 0 Å². The molecular weight excluding hydrogens is 538 g/mol. The first-order valence-electron chi connectivity index (χ1n) is 15.2. The van der Waals surface area contributed by atoms with Crippen LogP contribution < -0.4 is 4.74 Å². The molecule has 206 valence electrons. The Bertz CT molecular complexity index is 2780. The molecule has 11 rings (SSSR count). The van der Waals surface area contributed by atoms with Crippen molar-refractivity contribution < 1.29 is 4.74 Å². The quantitative estimate of drug-likeness (QED) is 0.199. The third kappa shape index (κ3) is 2.72. The van der Waals surface area contributed by atoms with Crippen LogP contribution in [0.5, 0.6) is 5.75 Å². The highest BCUT2D eigenvalue weighted by Crippen LogP contribution is 2.48. The third-order valence-electron chi connectivity index (χ3n) is 10.2. The Labute approximate surface area is 252 Å². The topological polar surface area (TPSA) is 30.9 Å². The molecule has 0 amide bonds. The minimum absolute atomic E-state index is 0.0267. The molecule has 1 aliphatic carbocycles. The molecule has 2 aliphatic rings. The second kappa shape index (κ2) is 7.66. The van der Waals surface area contributed by atoms with E-state index in [2.05, 4.69) is 143 Å². The minimum atomic E-state index is -0.176. The first-order chi connectivity index (χ1) is 21.6. The zero-order valence-corrected chi connectivity index (χ0v) is 24.0. The Kier molecular flexibility index (Phi) is 3.99. The lowest BCUT2D eigenvalue weighted by Gasteiger charge is -2.27. The maximum Gasteiger partial charge on any atom is 0.220 e. The summed E-state index contributed by atoms with van der Waals surface area (Å²) in [6, 6.07) is 37.8. The molecule has 0 saturated carbocycles. The molecule has 0 fully saturated rings. The summed E-state index contributed by atoms with van der Waals surface area (Å²) in [7, 11) is 0. The molecule has 0 spiro atoms. The van der Waals surface area contributed by atoms with E-state index in [0.717, 1.165) is 22.6 Å². The zero-order chi connectivity index (χ0) is 28.7. The van der Waals surface area contributed by atoms with E-state index in [0.29, 0.717) is 0 Å². The smallest absolute Gasteiger partial charge is 0.220 e. The van der Waals surface area contributed by atoms with Gasteiger partial charge in [-0.1, -0.05) is 72.8 Å². The first kappa shape index (κ1) is 22.9. The number of aromatic nitrogens is 3. The molecule has 9 aromatic rings. The van der Waals surface area contributed by atoms with Crippen molar-refractivity contribution in [2.24, 2.45) is 0 Å². The fourth-order valence-electron chi connectivity index (χ4n) is 7.98. The van der Waals surface area contributed by atoms with Crippen LogP contribution >= 0.6 is 0 Å². The molecule has 4 nitrogen and oxygen atoms in total. The molecule has 0 N–H and O–H groups in total. The molecule has 6 aromatic carbocycles. The predicted molar refractivity (Wildman–Crippen MR) is 180 cm³/mol. The third-order valence-corrected chi connectivity index (χ3v) is 10.2. The average molecular weight is 564 g/mol. The van der Waals surface area contributed by atoms with Crippen LogP contribution in [0.4, 0.5) is 0 Å². The lowest BCUT2D eigenvalue weighted by atomic mass is 9.76. The van der Waals surface area contributed by atoms with E-state index in [1.807, 2.05) is 0 Å². The molecule has 3 aromatic heterocycles. The SMILES string of the molecule is CC12C=CC=CC1Oc1ccc(-c3cc4c5cc6ccccc6cc5n5c4c(c3)n3c4cc6ccccc6cc4nc35)cc12. The number of hydrogen-bond donors (Lipinski definition) is 0. The summed E-state index contributed by atoms with van der Waals surface area (Å²) in [6.07, 6.45) is 8.70. The highest BCUT2D eigenvalue weighted by molar-refractivity contribution is 6.20. The van der Waals surface area contributed by atoms with Gasteiger partial charge in [0.1, 0.15) is 11.9 Å². The van der Waals surface area contributed by atoms with Crippen LogP contribution in [-0.4, -0.2) is 19.9 Å². The van der Waals surface area contributed by atoms with Gasteiger partial charge in [0, 0.05) is 16.3 Å². The predicted octanol–water partition coefficient (Wildman–Crippen LogP) is 9.60. The number of rotatable bonds is 1. The Hall–Kier alpha value is -5.61. The molecule has 0 bridgehead atoms. The minimum Gasteiger partial charge on any atom is -0.485 e. The van der Waals surface area contributed by atoms with Crippen molar-refractivity contribution >= 4 is 65.7 Å². The lowest BCUT2D eigenvalue weighted by molar-refractivity contribution is 0.228. The van der Waals surface area contributed by atoms with Gasteiger partial charge in [-0.3, -0.25) is 8.80 Å². The fraction of sp³-hybridized carbons (Fsp3) is 0.0750. The number of ether oxygens (including phenoxy) is 1. The van der Waals surface area contributed by atoms with Gasteiger partial charge in [0.05, 0.1) is 33.0 Å². The Morgan fingerprint density at radius 3 is 2.23 bits per heavy atom. The van der Waals surface area contributed by atoms with Crippen molar-refractivity contribution in [3.8, 4) is 16.9 Å². The van der Waals surface area contributed by atoms with Crippen molar-refractivity contribution in [2.45, 2.75) is 18.4 Å². The number of allylic oxidation sites excluding steroid dienone is 2. The first-order valence-corrected chi connectivity index (χ1v) is 15.2. The van der Waals surface area contributed by atoms with Crippen LogP contribution in [0.1, 0.15) is 12.5 Å². The van der Waals surface area contributed by atoms with Crippen LogP contribution in [0.15, 0.2) is 127 Å². The highest BCUT2D eigenvalue weighted by atomic mass is 16.5. The Morgan fingerprint density at radius 1 is 0.659 bits per heavy atom. The normalized spacial score (nSPS) is 19.3. The van der Waals surface area contributed by atoms with Crippen LogP contribution in [0.25, 0.3) is 76.8 Å². The van der Waals surface area contributed by atoms with Gasteiger partial charge in [-0.05, 0) is 94.2 Å². The monoisotopic (exact) mass is 563 g/mol. The number of fused-ring (bicyclic) bond motifs is 13. The largest absolute Gasteiger partial charge is 0.485 e. The summed E-state index contributed by atoms with van der Waals surface area (Å²) in [6.45, 7) is 2.28. The van der Waals surface area contributed by atoms with Crippen molar-refractivity contribution in [3.63, 3.8) is 0 Å². The van der Waals surface area contributed by atoms with Crippen molar-refractivity contribution in [3.05, 3.63) is 133 Å². The second-order valence-electron chi connectivity index (χ2n) is 12.7. The van der Waals surface area contributed by atoms with Crippen LogP contribution in [0.2, 0.25) is 0 Å². The van der Waals surface area contributed by atoms with Gasteiger partial charge >= 0.3 is 0 Å². The van der Waals surface area contributed by atoms with Gasteiger partial charge in [0.2, 0.25) is 5.78 Å². The summed E-state index contributed by atoms with van der Waals surface area (Å²) < 4.78 is 11.1. The van der Waals surface area contributed by atoms with Gasteiger partial charge in [0.25, 0.3) is 0 Å². The fourth-order valence-corrected chi connectivity index (χ4v) is 7.98. The summed E-state index contributed by atoms with van der Waals surface area (Å²) in [4.78, 5) is 5.28. The maximum absolute atomic E-state index is 6.38. The number of hydrogen-bond acceptors (Lipinski definition) is 2. The molecule has 4 heterocycles. The Balaban J connectivity index is 1.28. The summed E-state index contributed by atoms with van der Waals surface area (Å²) >= 11 is 0. The number of nitrogens with zero attached hydrogens (tertiary/aromatic N) is 3. The van der Waals surface area contributed by atoms with Crippen LogP contribution in [-0.2, 0) is 5.41 Å². The van der Waals surface area contributed by atoms with Crippen molar-refractivity contribution in [1.29, 1.82) is 0 Å². The summed E-state index contributed by atoms with van der Waals surface area (Å²) in [5, 5.41) is 7.41. The van der Waals surface area contributed by atoms with Gasteiger partial charge < -0.3 is 4.74 Å². The van der Waals surface area contributed by atoms with E-state index >= 15 is 0 Å². The van der Waals surface area contributed by atoms with Crippen LogP contribution in [0, 0.1) is 0 Å². The molecule has 2 unspecified atom stereocenters. The second-order valence-corrected chi connectivity index (χ2v) is 12.7. The average Bonchev–Trinajstić information content (AvgIpc) is 3.76. The summed E-state index contributed by atoms with van der Waals surface area (Å²) in [5.41, 5.74) is 9.17. The maximum atomic E-state index is 6.38. The molecule has 0 radical (unpaired) electrons. The van der Waals surface area contributed by atoms with Gasteiger partial charge in [-0.2, -0.15) is 0 Å². The van der Waals surface area contributed by atoms with E-state index < -0.39 is 0 Å². The molecule has 44 heavy (non-hydrogen) atoms. The number of benzene rings is 6. The van der Waals surface area contributed by atoms with Crippen molar-refractivity contribution in [2.75, 3.05) is 0 Å². The van der Waals surface area contributed by atoms with E-state index in [1.165, 1.54) is 65.6 Å². The number of imidazole rings is 2. The Morgan fingerprint density at radius 2 is 1.41 bits per heavy atom. The molecule has 1 aliphatic heterocycles. The molecule has 0 saturated heterocycles. The van der Waals surface area contributed by atoms with Crippen molar-refractivity contribution in [1.82, 2.24) is 13.8 Å². The van der Waals surface area contributed by atoms with E-state index in [-0.39, 0.29) is 11.5 Å². The van der Waals surface area contributed by atoms with E-state index in [1.54, 1.807) is 0 Å². The molecular formula is C40H25N3O. The van der Waals surface area contributed by atoms with Gasteiger partial charge in [-0.25, -0.2) is 4.98 Å². The van der Waals surface area contributed by atoms with Gasteiger partial charge in [-0.15, -0.1) is 0 Å².